The lowest BCUT2D eigenvalue weighted by atomic mass is 10.0. The van der Waals surface area contributed by atoms with E-state index in [4.69, 9.17) is 0 Å². The largest absolute Gasteiger partial charge is 0.341 e. The van der Waals surface area contributed by atoms with Crippen LogP contribution in [0.5, 0.6) is 0 Å². The second-order valence-corrected chi connectivity index (χ2v) is 6.81. The molecule has 4 heteroatoms. The van der Waals surface area contributed by atoms with Gasteiger partial charge in [-0.3, -0.25) is 4.79 Å². The molecular formula is C20H25FN2O. The maximum absolute atomic E-state index is 13.7. The van der Waals surface area contributed by atoms with Crippen molar-refractivity contribution in [2.75, 3.05) is 6.54 Å². The van der Waals surface area contributed by atoms with Crippen molar-refractivity contribution in [2.45, 2.75) is 51.6 Å². The lowest BCUT2D eigenvalue weighted by Crippen LogP contribution is -2.36. The molecule has 0 saturated carbocycles. The molecule has 24 heavy (non-hydrogen) atoms. The zero-order valence-corrected chi connectivity index (χ0v) is 14.4. The van der Waals surface area contributed by atoms with E-state index in [-0.39, 0.29) is 23.8 Å². The Morgan fingerprint density at radius 2 is 2.00 bits per heavy atom. The van der Waals surface area contributed by atoms with E-state index in [2.05, 4.69) is 13.8 Å². The molecule has 3 rings (SSSR count). The highest BCUT2D eigenvalue weighted by atomic mass is 19.1. The van der Waals surface area contributed by atoms with Crippen LogP contribution in [0.1, 0.15) is 67.7 Å². The summed E-state index contributed by atoms with van der Waals surface area (Å²) < 4.78 is 15.7. The van der Waals surface area contributed by atoms with E-state index in [1.54, 1.807) is 12.1 Å². The summed E-state index contributed by atoms with van der Waals surface area (Å²) in [5.41, 5.74) is 1.61. The van der Waals surface area contributed by atoms with Gasteiger partial charge in [0.15, 0.2) is 0 Å². The summed E-state index contributed by atoms with van der Waals surface area (Å²) in [6.45, 7) is 4.87. The molecule has 2 heterocycles. The first-order valence-electron chi connectivity index (χ1n) is 8.81. The molecule has 0 unspecified atom stereocenters. The van der Waals surface area contributed by atoms with Crippen LogP contribution >= 0.6 is 0 Å². The third-order valence-corrected chi connectivity index (χ3v) is 4.80. The van der Waals surface area contributed by atoms with Gasteiger partial charge in [0, 0.05) is 18.8 Å². The summed E-state index contributed by atoms with van der Waals surface area (Å²) in [7, 11) is 0. The fourth-order valence-electron chi connectivity index (χ4n) is 3.58. The number of hydrogen-bond acceptors (Lipinski definition) is 1. The van der Waals surface area contributed by atoms with Crippen molar-refractivity contribution < 1.29 is 9.18 Å². The summed E-state index contributed by atoms with van der Waals surface area (Å²) in [6, 6.07) is 10.7. The van der Waals surface area contributed by atoms with Gasteiger partial charge in [-0.15, -0.1) is 0 Å². The van der Waals surface area contributed by atoms with Crippen molar-refractivity contribution in [1.82, 2.24) is 9.47 Å². The monoisotopic (exact) mass is 328 g/mol. The van der Waals surface area contributed by atoms with Gasteiger partial charge < -0.3 is 9.47 Å². The highest BCUT2D eigenvalue weighted by Gasteiger charge is 2.29. The molecule has 1 saturated heterocycles. The van der Waals surface area contributed by atoms with E-state index in [0.29, 0.717) is 5.69 Å². The molecule has 3 nitrogen and oxygen atoms in total. The van der Waals surface area contributed by atoms with Gasteiger partial charge in [-0.1, -0.05) is 25.0 Å². The van der Waals surface area contributed by atoms with E-state index in [0.717, 1.165) is 37.8 Å². The Morgan fingerprint density at radius 1 is 1.17 bits per heavy atom. The summed E-state index contributed by atoms with van der Waals surface area (Å²) in [5, 5.41) is 0. The minimum Gasteiger partial charge on any atom is -0.341 e. The zero-order chi connectivity index (χ0) is 17.1. The van der Waals surface area contributed by atoms with Crippen LogP contribution in [0.15, 0.2) is 42.6 Å². The number of carbonyl (C=O) groups is 1. The molecule has 1 amide bonds. The fourth-order valence-corrected chi connectivity index (χ4v) is 3.58. The van der Waals surface area contributed by atoms with Gasteiger partial charge in [0.25, 0.3) is 5.91 Å². The van der Waals surface area contributed by atoms with Crippen molar-refractivity contribution in [2.24, 2.45) is 0 Å². The molecule has 0 aliphatic carbocycles. The van der Waals surface area contributed by atoms with Crippen molar-refractivity contribution in [3.63, 3.8) is 0 Å². The first kappa shape index (κ1) is 16.7. The molecule has 0 spiro atoms. The van der Waals surface area contributed by atoms with Crippen molar-refractivity contribution in [1.29, 1.82) is 0 Å². The Labute approximate surface area is 143 Å². The second kappa shape index (κ2) is 7.20. The number of amides is 1. The van der Waals surface area contributed by atoms with Crippen LogP contribution < -0.4 is 0 Å². The van der Waals surface area contributed by atoms with Gasteiger partial charge >= 0.3 is 0 Å². The van der Waals surface area contributed by atoms with Crippen LogP contribution in [-0.2, 0) is 0 Å². The number of likely N-dealkylation sites (tertiary alicyclic amines) is 1. The SMILES string of the molecule is CC(C)n1cccc1C(=O)N1CCCCC[C@H]1c1cccc(F)c1. The van der Waals surface area contributed by atoms with Crippen molar-refractivity contribution >= 4 is 5.91 Å². The van der Waals surface area contributed by atoms with Gasteiger partial charge in [-0.2, -0.15) is 0 Å². The van der Waals surface area contributed by atoms with Crippen LogP contribution in [0.3, 0.4) is 0 Å². The van der Waals surface area contributed by atoms with Crippen LogP contribution in [-0.4, -0.2) is 21.9 Å². The first-order chi connectivity index (χ1) is 11.6. The number of rotatable bonds is 3. The Kier molecular flexibility index (Phi) is 5.03. The van der Waals surface area contributed by atoms with Gasteiger partial charge in [-0.25, -0.2) is 4.39 Å². The second-order valence-electron chi connectivity index (χ2n) is 6.81. The molecule has 1 aliphatic rings. The highest BCUT2D eigenvalue weighted by molar-refractivity contribution is 5.93. The molecule has 0 radical (unpaired) electrons. The molecule has 1 fully saturated rings. The van der Waals surface area contributed by atoms with E-state index in [1.165, 1.54) is 6.07 Å². The number of halogens is 1. The molecule has 0 bridgehead atoms. The van der Waals surface area contributed by atoms with Crippen molar-refractivity contribution in [3.8, 4) is 0 Å². The Morgan fingerprint density at radius 3 is 2.75 bits per heavy atom. The number of benzene rings is 1. The van der Waals surface area contributed by atoms with Crippen LogP contribution in [0.4, 0.5) is 4.39 Å². The minimum atomic E-state index is -0.241. The molecular weight excluding hydrogens is 303 g/mol. The molecule has 1 aliphatic heterocycles. The molecule has 128 valence electrons. The fraction of sp³-hybridized carbons (Fsp3) is 0.450. The van der Waals surface area contributed by atoms with Gasteiger partial charge in [0.05, 0.1) is 6.04 Å². The maximum atomic E-state index is 13.7. The summed E-state index contributed by atoms with van der Waals surface area (Å²) in [5.74, 6) is -0.195. The van der Waals surface area contributed by atoms with E-state index in [1.807, 2.05) is 33.9 Å². The Balaban J connectivity index is 1.95. The van der Waals surface area contributed by atoms with Crippen molar-refractivity contribution in [3.05, 3.63) is 59.7 Å². The summed E-state index contributed by atoms with van der Waals surface area (Å²) in [4.78, 5) is 15.2. The Bertz CT molecular complexity index is 707. The predicted molar refractivity (Wildman–Crippen MR) is 93.5 cm³/mol. The number of aromatic nitrogens is 1. The van der Waals surface area contributed by atoms with Gasteiger partial charge in [-0.05, 0) is 56.5 Å². The van der Waals surface area contributed by atoms with Gasteiger partial charge in [0.2, 0.25) is 0 Å². The maximum Gasteiger partial charge on any atom is 0.270 e. The summed E-state index contributed by atoms with van der Waals surface area (Å²) in [6.07, 6.45) is 6.02. The average molecular weight is 328 g/mol. The van der Waals surface area contributed by atoms with Crippen LogP contribution in [0.2, 0.25) is 0 Å². The number of carbonyl (C=O) groups excluding carboxylic acids is 1. The van der Waals surface area contributed by atoms with Crippen LogP contribution in [0.25, 0.3) is 0 Å². The normalized spacial score (nSPS) is 18.7. The molecule has 1 aromatic heterocycles. The quantitative estimate of drug-likeness (QED) is 0.781. The molecule has 2 aromatic rings. The standard InChI is InChI=1S/C20H25FN2O/c1-15(2)22-13-7-11-19(22)20(24)23-12-5-3-4-10-18(23)16-8-6-9-17(21)14-16/h6-9,11,13-15,18H,3-5,10,12H2,1-2H3/t18-/m0/s1. The molecule has 1 aromatic carbocycles. The average Bonchev–Trinajstić information content (AvgIpc) is 2.92. The molecule has 1 atom stereocenters. The molecule has 0 N–H and O–H groups in total. The van der Waals surface area contributed by atoms with E-state index < -0.39 is 0 Å². The van der Waals surface area contributed by atoms with E-state index >= 15 is 0 Å². The number of nitrogens with zero attached hydrogens (tertiary/aromatic N) is 2. The summed E-state index contributed by atoms with van der Waals surface area (Å²) >= 11 is 0. The third kappa shape index (κ3) is 3.37. The lowest BCUT2D eigenvalue weighted by molar-refractivity contribution is 0.0667. The smallest absolute Gasteiger partial charge is 0.270 e. The highest BCUT2D eigenvalue weighted by Crippen LogP contribution is 2.32. The third-order valence-electron chi connectivity index (χ3n) is 4.80. The predicted octanol–water partition coefficient (Wildman–Crippen LogP) is 4.97. The van der Waals surface area contributed by atoms with Crippen LogP contribution in [0, 0.1) is 5.82 Å². The first-order valence-corrected chi connectivity index (χ1v) is 8.81. The zero-order valence-electron chi connectivity index (χ0n) is 14.4. The minimum absolute atomic E-state index is 0.0462. The number of hydrogen-bond donors (Lipinski definition) is 0. The van der Waals surface area contributed by atoms with E-state index in [9.17, 15) is 9.18 Å². The topological polar surface area (TPSA) is 25.2 Å². The van der Waals surface area contributed by atoms with Gasteiger partial charge in [0.1, 0.15) is 11.5 Å². The Hall–Kier alpha value is -2.10. The lowest BCUT2D eigenvalue weighted by Gasteiger charge is -2.31.